The number of H-pyrrole nitrogens is 1. The number of nitrogens with zero attached hydrogens (tertiary/aromatic N) is 1. The topological polar surface area (TPSA) is 29.9 Å². The molecule has 2 aromatic rings. The molecule has 1 aliphatic rings. The molecule has 0 bridgehead atoms. The maximum absolute atomic E-state index is 5.43. The number of imidazole rings is 1. The van der Waals surface area contributed by atoms with Gasteiger partial charge in [0.25, 0.3) is 0 Å². The molecule has 17 heavy (non-hydrogen) atoms. The molecule has 0 saturated heterocycles. The minimum Gasteiger partial charge on any atom is -0.494 e. The zero-order chi connectivity index (χ0) is 12.2. The van der Waals surface area contributed by atoms with E-state index >= 15 is 0 Å². The zero-order valence-electron chi connectivity index (χ0n) is 10.3. The minimum absolute atomic E-state index is 0.358. The fraction of sp³-hybridized carbons (Fsp3) is 0.462. The van der Waals surface area contributed by atoms with Gasteiger partial charge in [0, 0.05) is 6.04 Å². The molecule has 1 saturated carbocycles. The van der Waals surface area contributed by atoms with E-state index in [0.29, 0.717) is 11.5 Å². The van der Waals surface area contributed by atoms with E-state index in [-0.39, 0.29) is 0 Å². The molecule has 3 nitrogen and oxygen atoms in total. The first-order valence-corrected chi connectivity index (χ1v) is 6.22. The van der Waals surface area contributed by atoms with E-state index in [1.54, 1.807) is 7.11 Å². The Balaban J connectivity index is 2.26. The summed E-state index contributed by atoms with van der Waals surface area (Å²) >= 11 is 5.43. The fourth-order valence-corrected chi connectivity index (χ4v) is 2.81. The van der Waals surface area contributed by atoms with Crippen molar-refractivity contribution in [3.63, 3.8) is 0 Å². The second-order valence-electron chi connectivity index (χ2n) is 5.36. The molecule has 0 radical (unpaired) electrons. The fourth-order valence-electron chi connectivity index (χ4n) is 2.48. The summed E-state index contributed by atoms with van der Waals surface area (Å²) in [5.74, 6) is 0.853. The first-order chi connectivity index (χ1) is 8.04. The van der Waals surface area contributed by atoms with Gasteiger partial charge in [-0.05, 0) is 36.2 Å². The predicted octanol–water partition coefficient (Wildman–Crippen LogP) is 3.68. The van der Waals surface area contributed by atoms with Crippen LogP contribution in [0.3, 0.4) is 0 Å². The van der Waals surface area contributed by atoms with Crippen LogP contribution in [0.2, 0.25) is 0 Å². The first-order valence-electron chi connectivity index (χ1n) is 5.82. The second kappa shape index (κ2) is 3.35. The van der Waals surface area contributed by atoms with Crippen molar-refractivity contribution in [2.75, 3.05) is 7.11 Å². The van der Waals surface area contributed by atoms with Gasteiger partial charge in [-0.1, -0.05) is 19.9 Å². The summed E-state index contributed by atoms with van der Waals surface area (Å²) < 4.78 is 8.38. The lowest BCUT2D eigenvalue weighted by atomic mass is 10.2. The lowest BCUT2D eigenvalue weighted by Crippen LogP contribution is -2.00. The van der Waals surface area contributed by atoms with Gasteiger partial charge in [0.2, 0.25) is 0 Å². The van der Waals surface area contributed by atoms with E-state index in [0.717, 1.165) is 21.6 Å². The smallest absolute Gasteiger partial charge is 0.178 e. The van der Waals surface area contributed by atoms with Crippen molar-refractivity contribution >= 4 is 23.3 Å². The standard InChI is InChI=1S/C13H16N2OS/c1-13(2)7-10(13)15-8-5-4-6-9(16-3)11(8)14-12(15)17/h4-6,10H,7H2,1-3H3,(H,14,17). The summed E-state index contributed by atoms with van der Waals surface area (Å²) in [6.45, 7) is 4.55. The molecule has 1 heterocycles. The Bertz CT molecular complexity index is 638. The third kappa shape index (κ3) is 1.51. The molecule has 4 heteroatoms. The number of para-hydroxylation sites is 1. The molecule has 1 aliphatic carbocycles. The van der Waals surface area contributed by atoms with Gasteiger partial charge in [-0.15, -0.1) is 0 Å². The van der Waals surface area contributed by atoms with Crippen molar-refractivity contribution in [1.29, 1.82) is 0 Å². The Morgan fingerprint density at radius 2 is 2.18 bits per heavy atom. The van der Waals surface area contributed by atoms with Gasteiger partial charge in [-0.3, -0.25) is 0 Å². The highest BCUT2D eigenvalue weighted by Gasteiger charge is 2.48. The van der Waals surface area contributed by atoms with Crippen molar-refractivity contribution in [3.05, 3.63) is 23.0 Å². The molecule has 1 aromatic heterocycles. The highest BCUT2D eigenvalue weighted by molar-refractivity contribution is 7.71. The molecule has 1 atom stereocenters. The summed E-state index contributed by atoms with van der Waals surface area (Å²) in [6, 6.07) is 6.57. The van der Waals surface area contributed by atoms with E-state index in [1.807, 2.05) is 12.1 Å². The molecule has 1 aromatic carbocycles. The summed E-state index contributed by atoms with van der Waals surface area (Å²) in [5.41, 5.74) is 2.50. The van der Waals surface area contributed by atoms with E-state index in [9.17, 15) is 0 Å². The highest BCUT2D eigenvalue weighted by atomic mass is 32.1. The molecule has 0 aliphatic heterocycles. The molecule has 1 N–H and O–H groups in total. The summed E-state index contributed by atoms with van der Waals surface area (Å²) in [4.78, 5) is 3.26. The number of ether oxygens (including phenoxy) is 1. The molecule has 0 spiro atoms. The first kappa shape index (κ1) is 10.8. The van der Waals surface area contributed by atoms with Crippen LogP contribution in [-0.2, 0) is 0 Å². The van der Waals surface area contributed by atoms with Gasteiger partial charge in [0.15, 0.2) is 4.77 Å². The van der Waals surface area contributed by atoms with Gasteiger partial charge in [0.05, 0.1) is 12.6 Å². The van der Waals surface area contributed by atoms with Crippen molar-refractivity contribution in [2.45, 2.75) is 26.3 Å². The molecule has 1 unspecified atom stereocenters. The zero-order valence-corrected chi connectivity index (χ0v) is 11.1. The number of aromatic amines is 1. The van der Waals surface area contributed by atoms with Crippen LogP contribution in [0.4, 0.5) is 0 Å². The SMILES string of the molecule is COc1cccc2c1[nH]c(=S)n2C1CC1(C)C. The Kier molecular flexibility index (Phi) is 2.14. The quantitative estimate of drug-likeness (QED) is 0.822. The number of aromatic nitrogens is 2. The van der Waals surface area contributed by atoms with Crippen LogP contribution in [0.15, 0.2) is 18.2 Å². The summed E-state index contributed by atoms with van der Waals surface area (Å²) in [5, 5.41) is 0. The maximum Gasteiger partial charge on any atom is 0.178 e. The molecular formula is C13H16N2OS. The normalized spacial score (nSPS) is 21.7. The molecule has 0 amide bonds. The Morgan fingerprint density at radius 1 is 1.47 bits per heavy atom. The number of rotatable bonds is 2. The van der Waals surface area contributed by atoms with Crippen LogP contribution in [-0.4, -0.2) is 16.7 Å². The Morgan fingerprint density at radius 3 is 2.76 bits per heavy atom. The predicted molar refractivity (Wildman–Crippen MR) is 71.1 cm³/mol. The van der Waals surface area contributed by atoms with Crippen molar-refractivity contribution in [3.8, 4) is 5.75 Å². The Labute approximate surface area is 105 Å². The minimum atomic E-state index is 0.358. The van der Waals surface area contributed by atoms with Crippen LogP contribution in [0.25, 0.3) is 11.0 Å². The summed E-state index contributed by atoms with van der Waals surface area (Å²) in [7, 11) is 1.68. The van der Waals surface area contributed by atoms with E-state index in [2.05, 4.69) is 29.5 Å². The third-order valence-electron chi connectivity index (χ3n) is 3.71. The van der Waals surface area contributed by atoms with Crippen molar-refractivity contribution < 1.29 is 4.74 Å². The lowest BCUT2D eigenvalue weighted by molar-refractivity contribution is 0.419. The van der Waals surface area contributed by atoms with E-state index < -0.39 is 0 Å². The van der Waals surface area contributed by atoms with Gasteiger partial charge >= 0.3 is 0 Å². The average molecular weight is 248 g/mol. The average Bonchev–Trinajstić information content (AvgIpc) is 2.76. The summed E-state index contributed by atoms with van der Waals surface area (Å²) in [6.07, 6.45) is 1.19. The molecule has 90 valence electrons. The highest BCUT2D eigenvalue weighted by Crippen LogP contribution is 2.56. The van der Waals surface area contributed by atoms with Crippen LogP contribution in [0.5, 0.6) is 5.75 Å². The van der Waals surface area contributed by atoms with E-state index in [1.165, 1.54) is 6.42 Å². The number of methoxy groups -OCH3 is 1. The van der Waals surface area contributed by atoms with Gasteiger partial charge in [0.1, 0.15) is 11.3 Å². The number of fused-ring (bicyclic) bond motifs is 1. The lowest BCUT2D eigenvalue weighted by Gasteiger charge is -2.07. The number of benzene rings is 1. The second-order valence-corrected chi connectivity index (χ2v) is 5.75. The maximum atomic E-state index is 5.43. The van der Waals surface area contributed by atoms with Crippen LogP contribution < -0.4 is 4.74 Å². The molecule has 3 rings (SSSR count). The molecular weight excluding hydrogens is 232 g/mol. The monoisotopic (exact) mass is 248 g/mol. The van der Waals surface area contributed by atoms with Crippen LogP contribution in [0, 0.1) is 10.2 Å². The van der Waals surface area contributed by atoms with Crippen molar-refractivity contribution in [2.24, 2.45) is 5.41 Å². The van der Waals surface area contributed by atoms with Crippen molar-refractivity contribution in [1.82, 2.24) is 9.55 Å². The Hall–Kier alpha value is -1.29. The third-order valence-corrected chi connectivity index (χ3v) is 4.01. The van der Waals surface area contributed by atoms with Crippen LogP contribution in [0.1, 0.15) is 26.3 Å². The molecule has 1 fully saturated rings. The number of hydrogen-bond acceptors (Lipinski definition) is 2. The largest absolute Gasteiger partial charge is 0.494 e. The van der Waals surface area contributed by atoms with Crippen LogP contribution >= 0.6 is 12.2 Å². The number of hydrogen-bond donors (Lipinski definition) is 1. The van der Waals surface area contributed by atoms with E-state index in [4.69, 9.17) is 17.0 Å². The number of nitrogens with one attached hydrogen (secondary N) is 1. The van der Waals surface area contributed by atoms with Gasteiger partial charge in [-0.25, -0.2) is 0 Å². The van der Waals surface area contributed by atoms with Gasteiger partial charge < -0.3 is 14.3 Å². The van der Waals surface area contributed by atoms with Gasteiger partial charge in [-0.2, -0.15) is 0 Å².